The van der Waals surface area contributed by atoms with Gasteiger partial charge in [0.2, 0.25) is 0 Å². The van der Waals surface area contributed by atoms with E-state index in [4.69, 9.17) is 5.73 Å². The molecule has 0 atom stereocenters. The fraction of sp³-hybridized carbons (Fsp3) is 0.100. The van der Waals surface area contributed by atoms with Gasteiger partial charge < -0.3 is 5.73 Å². The zero-order valence-electron chi connectivity index (χ0n) is 8.59. The zero-order valence-corrected chi connectivity index (χ0v) is 11.0. The SMILES string of the molecule is NC(=O)c1ccc(=O)n(Cc2ccc(Br)s2)n1. The highest BCUT2D eigenvalue weighted by Crippen LogP contribution is 2.22. The number of halogens is 1. The molecule has 17 heavy (non-hydrogen) atoms. The molecule has 2 aromatic rings. The van der Waals surface area contributed by atoms with Crippen molar-refractivity contribution in [1.29, 1.82) is 0 Å². The number of primary amides is 1. The van der Waals surface area contributed by atoms with Crippen molar-refractivity contribution < 1.29 is 4.79 Å². The topological polar surface area (TPSA) is 78.0 Å². The molecule has 0 unspecified atom stereocenters. The van der Waals surface area contributed by atoms with Crippen LogP contribution >= 0.6 is 27.3 Å². The third kappa shape index (κ3) is 2.80. The van der Waals surface area contributed by atoms with Gasteiger partial charge in [-0.05, 0) is 34.1 Å². The quantitative estimate of drug-likeness (QED) is 0.925. The predicted molar refractivity (Wildman–Crippen MR) is 68.1 cm³/mol. The van der Waals surface area contributed by atoms with Crippen molar-refractivity contribution in [3.63, 3.8) is 0 Å². The Morgan fingerprint density at radius 1 is 1.41 bits per heavy atom. The van der Waals surface area contributed by atoms with Crippen LogP contribution in [0.4, 0.5) is 0 Å². The van der Waals surface area contributed by atoms with E-state index in [2.05, 4.69) is 21.0 Å². The molecule has 0 aliphatic heterocycles. The second-order valence-corrected chi connectivity index (χ2v) is 5.83. The number of carbonyl (C=O) groups excluding carboxylic acids is 1. The fourth-order valence-electron chi connectivity index (χ4n) is 1.28. The van der Waals surface area contributed by atoms with Crippen LogP contribution in [0, 0.1) is 0 Å². The van der Waals surface area contributed by atoms with Gasteiger partial charge in [-0.2, -0.15) is 5.10 Å². The molecule has 0 radical (unpaired) electrons. The minimum Gasteiger partial charge on any atom is -0.364 e. The van der Waals surface area contributed by atoms with Crippen molar-refractivity contribution in [1.82, 2.24) is 9.78 Å². The highest BCUT2D eigenvalue weighted by atomic mass is 79.9. The Kier molecular flexibility index (Phi) is 3.39. The molecule has 7 heteroatoms. The molecule has 0 aliphatic rings. The second kappa shape index (κ2) is 4.80. The number of carbonyl (C=O) groups is 1. The average molecular weight is 314 g/mol. The summed E-state index contributed by atoms with van der Waals surface area (Å²) in [6.07, 6.45) is 0. The minimum atomic E-state index is -0.647. The molecule has 0 spiro atoms. The molecule has 5 nitrogen and oxygen atoms in total. The molecule has 0 saturated carbocycles. The van der Waals surface area contributed by atoms with E-state index in [0.29, 0.717) is 6.54 Å². The van der Waals surface area contributed by atoms with Crippen LogP contribution in [0.25, 0.3) is 0 Å². The van der Waals surface area contributed by atoms with Crippen molar-refractivity contribution in [3.8, 4) is 0 Å². The van der Waals surface area contributed by atoms with Gasteiger partial charge in [0.05, 0.1) is 10.3 Å². The summed E-state index contributed by atoms with van der Waals surface area (Å²) in [5, 5.41) is 3.90. The van der Waals surface area contributed by atoms with Gasteiger partial charge in [-0.3, -0.25) is 9.59 Å². The van der Waals surface area contributed by atoms with Crippen molar-refractivity contribution in [2.24, 2.45) is 5.73 Å². The number of nitrogens with zero attached hydrogens (tertiary/aromatic N) is 2. The van der Waals surface area contributed by atoms with Crippen LogP contribution in [0.2, 0.25) is 0 Å². The van der Waals surface area contributed by atoms with Crippen molar-refractivity contribution >= 4 is 33.2 Å². The third-order valence-electron chi connectivity index (χ3n) is 2.05. The van der Waals surface area contributed by atoms with E-state index in [-0.39, 0.29) is 11.3 Å². The molecule has 2 N–H and O–H groups in total. The first kappa shape index (κ1) is 12.0. The molecular formula is C10H8BrN3O2S. The number of amides is 1. The monoisotopic (exact) mass is 313 g/mol. The Labute approximate surface area is 109 Å². The molecule has 2 rings (SSSR count). The lowest BCUT2D eigenvalue weighted by molar-refractivity contribution is 0.0993. The molecule has 0 aromatic carbocycles. The largest absolute Gasteiger partial charge is 0.364 e. The number of thiophene rings is 1. The van der Waals surface area contributed by atoms with Gasteiger partial charge in [-0.1, -0.05) is 0 Å². The average Bonchev–Trinajstić information content (AvgIpc) is 2.67. The van der Waals surface area contributed by atoms with E-state index in [0.717, 1.165) is 8.66 Å². The summed E-state index contributed by atoms with van der Waals surface area (Å²) in [7, 11) is 0. The Morgan fingerprint density at radius 3 is 2.76 bits per heavy atom. The standard InChI is InChI=1S/C10H8BrN3O2S/c11-8-3-1-6(17-8)5-14-9(15)4-2-7(13-14)10(12)16/h1-4H,5H2,(H2,12,16). The van der Waals surface area contributed by atoms with Gasteiger partial charge in [0.15, 0.2) is 0 Å². The summed E-state index contributed by atoms with van der Waals surface area (Å²) in [5.74, 6) is -0.647. The first-order valence-corrected chi connectivity index (χ1v) is 6.29. The lowest BCUT2D eigenvalue weighted by Crippen LogP contribution is -2.26. The van der Waals surface area contributed by atoms with Gasteiger partial charge in [-0.15, -0.1) is 11.3 Å². The summed E-state index contributed by atoms with van der Waals surface area (Å²) in [6.45, 7) is 0.330. The second-order valence-electron chi connectivity index (χ2n) is 3.28. The van der Waals surface area contributed by atoms with E-state index >= 15 is 0 Å². The molecule has 1 amide bonds. The Morgan fingerprint density at radius 2 is 2.18 bits per heavy atom. The number of nitrogens with two attached hydrogens (primary N) is 1. The first-order chi connectivity index (χ1) is 8.06. The first-order valence-electron chi connectivity index (χ1n) is 4.68. The van der Waals surface area contributed by atoms with Crippen LogP contribution in [0.3, 0.4) is 0 Å². The molecule has 0 aliphatic carbocycles. The lowest BCUT2D eigenvalue weighted by Gasteiger charge is -2.03. The molecule has 2 aromatic heterocycles. The van der Waals surface area contributed by atoms with E-state index in [9.17, 15) is 9.59 Å². The van der Waals surface area contributed by atoms with Crippen LogP contribution in [-0.2, 0) is 6.54 Å². The summed E-state index contributed by atoms with van der Waals surface area (Å²) in [6, 6.07) is 6.39. The van der Waals surface area contributed by atoms with Crippen LogP contribution in [0.5, 0.6) is 0 Å². The highest BCUT2D eigenvalue weighted by Gasteiger charge is 2.07. The minimum absolute atomic E-state index is 0.0835. The number of hydrogen-bond donors (Lipinski definition) is 1. The Hall–Kier alpha value is -1.47. The van der Waals surface area contributed by atoms with Crippen LogP contribution in [0.15, 0.2) is 32.8 Å². The Balaban J connectivity index is 2.35. The van der Waals surface area contributed by atoms with E-state index in [1.165, 1.54) is 28.2 Å². The van der Waals surface area contributed by atoms with Crippen LogP contribution < -0.4 is 11.3 Å². The Bertz CT molecular complexity index is 620. The van der Waals surface area contributed by atoms with Gasteiger partial charge >= 0.3 is 0 Å². The van der Waals surface area contributed by atoms with Gasteiger partial charge in [0, 0.05) is 10.9 Å². The summed E-state index contributed by atoms with van der Waals surface area (Å²) in [4.78, 5) is 23.5. The summed E-state index contributed by atoms with van der Waals surface area (Å²) < 4.78 is 2.20. The normalized spacial score (nSPS) is 10.4. The maximum atomic E-state index is 11.5. The lowest BCUT2D eigenvalue weighted by atomic mass is 10.4. The highest BCUT2D eigenvalue weighted by molar-refractivity contribution is 9.11. The molecule has 0 saturated heterocycles. The molecular weight excluding hydrogens is 306 g/mol. The number of hydrogen-bond acceptors (Lipinski definition) is 4. The van der Waals surface area contributed by atoms with E-state index in [1.807, 2.05) is 12.1 Å². The molecule has 0 bridgehead atoms. The van der Waals surface area contributed by atoms with Gasteiger partial charge in [0.25, 0.3) is 11.5 Å². The molecule has 0 fully saturated rings. The van der Waals surface area contributed by atoms with Crippen molar-refractivity contribution in [3.05, 3.63) is 49.0 Å². The smallest absolute Gasteiger partial charge is 0.269 e. The summed E-state index contributed by atoms with van der Waals surface area (Å²) in [5.41, 5.74) is 4.93. The van der Waals surface area contributed by atoms with Gasteiger partial charge in [-0.25, -0.2) is 4.68 Å². The maximum absolute atomic E-state index is 11.5. The number of rotatable bonds is 3. The van der Waals surface area contributed by atoms with Crippen LogP contribution in [0.1, 0.15) is 15.4 Å². The molecule has 88 valence electrons. The van der Waals surface area contributed by atoms with Crippen molar-refractivity contribution in [2.45, 2.75) is 6.54 Å². The fourth-order valence-corrected chi connectivity index (χ4v) is 2.74. The molecule has 2 heterocycles. The maximum Gasteiger partial charge on any atom is 0.269 e. The van der Waals surface area contributed by atoms with Crippen LogP contribution in [-0.4, -0.2) is 15.7 Å². The third-order valence-corrected chi connectivity index (χ3v) is 3.66. The zero-order chi connectivity index (χ0) is 12.4. The van der Waals surface area contributed by atoms with E-state index < -0.39 is 5.91 Å². The predicted octanol–water partition coefficient (Wildman–Crippen LogP) is 1.21. The van der Waals surface area contributed by atoms with Gasteiger partial charge in [0.1, 0.15) is 5.69 Å². The summed E-state index contributed by atoms with van der Waals surface area (Å²) >= 11 is 4.84. The van der Waals surface area contributed by atoms with E-state index in [1.54, 1.807) is 0 Å². The van der Waals surface area contributed by atoms with Crippen molar-refractivity contribution in [2.75, 3.05) is 0 Å². The number of aromatic nitrogens is 2.